The van der Waals surface area contributed by atoms with E-state index in [0.717, 1.165) is 0 Å². The molecule has 1 heterocycles. The minimum atomic E-state index is -3.03. The van der Waals surface area contributed by atoms with Crippen molar-refractivity contribution in [1.82, 2.24) is 5.32 Å². The molecule has 6 nitrogen and oxygen atoms in total. The summed E-state index contributed by atoms with van der Waals surface area (Å²) in [5.74, 6) is 0.0579. The van der Waals surface area contributed by atoms with E-state index in [2.05, 4.69) is 5.32 Å². The van der Waals surface area contributed by atoms with Gasteiger partial charge in [-0.2, -0.15) is 0 Å². The van der Waals surface area contributed by atoms with Crippen molar-refractivity contribution in [2.45, 2.75) is 32.4 Å². The van der Waals surface area contributed by atoms with Gasteiger partial charge in [-0.3, -0.25) is 9.59 Å². The van der Waals surface area contributed by atoms with Crippen molar-refractivity contribution in [3.63, 3.8) is 0 Å². The second-order valence-corrected chi connectivity index (χ2v) is 7.68. The maximum atomic E-state index is 12.0. The van der Waals surface area contributed by atoms with Gasteiger partial charge in [-0.25, -0.2) is 8.42 Å². The van der Waals surface area contributed by atoms with Crippen molar-refractivity contribution in [1.29, 1.82) is 0 Å². The van der Waals surface area contributed by atoms with Crippen LogP contribution in [0, 0.1) is 0 Å². The van der Waals surface area contributed by atoms with Gasteiger partial charge in [0.05, 0.1) is 11.5 Å². The van der Waals surface area contributed by atoms with Crippen molar-refractivity contribution in [3.05, 3.63) is 29.8 Å². The Morgan fingerprint density at radius 2 is 2.09 bits per heavy atom. The molecule has 1 saturated heterocycles. The van der Waals surface area contributed by atoms with Crippen LogP contribution in [0.3, 0.4) is 0 Å². The van der Waals surface area contributed by atoms with Crippen LogP contribution in [0.5, 0.6) is 5.75 Å². The summed E-state index contributed by atoms with van der Waals surface area (Å²) in [7, 11) is -3.03. The number of Topliss-reactive ketones (excluding diaryl/α,β-unsaturated/α-hetero) is 1. The van der Waals surface area contributed by atoms with Gasteiger partial charge in [-0.15, -0.1) is 0 Å². The molecule has 2 atom stereocenters. The van der Waals surface area contributed by atoms with Crippen molar-refractivity contribution in [2.24, 2.45) is 0 Å². The molecule has 2 rings (SSSR count). The lowest BCUT2D eigenvalue weighted by molar-refractivity contribution is -0.127. The molecule has 1 aromatic carbocycles. The molecule has 120 valence electrons. The number of sulfone groups is 1. The first-order chi connectivity index (χ1) is 10.3. The average Bonchev–Trinajstić information content (AvgIpc) is 2.78. The van der Waals surface area contributed by atoms with E-state index in [-0.39, 0.29) is 29.2 Å². The Kier molecular flexibility index (Phi) is 4.85. The minimum absolute atomic E-state index is 0.0225. The summed E-state index contributed by atoms with van der Waals surface area (Å²) in [6.07, 6.45) is -0.342. The predicted octanol–water partition coefficient (Wildman–Crippen LogP) is 0.960. The fraction of sp³-hybridized carbons (Fsp3) is 0.467. The van der Waals surface area contributed by atoms with Gasteiger partial charge in [0.15, 0.2) is 21.7 Å². The molecule has 0 saturated carbocycles. The average molecular weight is 325 g/mol. The first-order valence-electron chi connectivity index (χ1n) is 7.05. The van der Waals surface area contributed by atoms with Gasteiger partial charge in [0, 0.05) is 11.6 Å². The molecule has 1 aliphatic heterocycles. The lowest BCUT2D eigenvalue weighted by atomic mass is 10.1. The first kappa shape index (κ1) is 16.5. The second-order valence-electron chi connectivity index (χ2n) is 5.45. The van der Waals surface area contributed by atoms with Crippen LogP contribution in [0.25, 0.3) is 0 Å². The minimum Gasteiger partial charge on any atom is -0.481 e. The van der Waals surface area contributed by atoms with Gasteiger partial charge < -0.3 is 10.1 Å². The van der Waals surface area contributed by atoms with E-state index < -0.39 is 15.9 Å². The standard InChI is InChI=1S/C15H19NO5S/c1-10(17)12-4-3-5-14(8-12)21-11(2)15(18)16-13-6-7-22(19,20)9-13/h3-5,8,11,13H,6-7,9H2,1-2H3,(H,16,18)/t11-,13+/m0/s1. The number of nitrogens with one attached hydrogen (secondary N) is 1. The van der Waals surface area contributed by atoms with Gasteiger partial charge in [0.25, 0.3) is 5.91 Å². The van der Waals surface area contributed by atoms with Crippen LogP contribution < -0.4 is 10.1 Å². The van der Waals surface area contributed by atoms with Gasteiger partial charge in [0.2, 0.25) is 0 Å². The van der Waals surface area contributed by atoms with Crippen molar-refractivity contribution in [2.75, 3.05) is 11.5 Å². The quantitative estimate of drug-likeness (QED) is 0.815. The third-order valence-electron chi connectivity index (χ3n) is 3.50. The highest BCUT2D eigenvalue weighted by Crippen LogP contribution is 2.16. The van der Waals surface area contributed by atoms with Crippen LogP contribution in [0.4, 0.5) is 0 Å². The number of benzene rings is 1. The summed E-state index contributed by atoms with van der Waals surface area (Å²) in [5, 5.41) is 2.68. The van der Waals surface area contributed by atoms with Crippen molar-refractivity contribution in [3.8, 4) is 5.75 Å². The van der Waals surface area contributed by atoms with Gasteiger partial charge in [-0.1, -0.05) is 12.1 Å². The lowest BCUT2D eigenvalue weighted by Gasteiger charge is -2.17. The predicted molar refractivity (Wildman–Crippen MR) is 81.7 cm³/mol. The maximum Gasteiger partial charge on any atom is 0.261 e. The fourth-order valence-electron chi connectivity index (χ4n) is 2.27. The third-order valence-corrected chi connectivity index (χ3v) is 5.27. The highest BCUT2D eigenvalue weighted by Gasteiger charge is 2.30. The molecule has 0 aromatic heterocycles. The molecule has 0 aliphatic carbocycles. The lowest BCUT2D eigenvalue weighted by Crippen LogP contribution is -2.43. The highest BCUT2D eigenvalue weighted by atomic mass is 32.2. The first-order valence-corrected chi connectivity index (χ1v) is 8.87. The number of ether oxygens (including phenoxy) is 1. The van der Waals surface area contributed by atoms with Crippen molar-refractivity contribution >= 4 is 21.5 Å². The number of rotatable bonds is 5. The molecule has 1 aliphatic rings. The van der Waals surface area contributed by atoms with Crippen LogP contribution in [0.1, 0.15) is 30.6 Å². The van der Waals surface area contributed by atoms with Crippen LogP contribution in [0.15, 0.2) is 24.3 Å². The van der Waals surface area contributed by atoms with Crippen LogP contribution >= 0.6 is 0 Å². The van der Waals surface area contributed by atoms with Gasteiger partial charge >= 0.3 is 0 Å². The molecule has 0 bridgehead atoms. The molecule has 1 amide bonds. The molecule has 0 spiro atoms. The Bertz CT molecular complexity index is 683. The zero-order valence-electron chi connectivity index (χ0n) is 12.5. The molecule has 7 heteroatoms. The molecule has 1 fully saturated rings. The van der Waals surface area contributed by atoms with E-state index in [1.165, 1.54) is 6.92 Å². The molecular weight excluding hydrogens is 306 g/mol. The Morgan fingerprint density at radius 1 is 1.36 bits per heavy atom. The number of hydrogen-bond donors (Lipinski definition) is 1. The molecule has 1 N–H and O–H groups in total. The zero-order chi connectivity index (χ0) is 16.3. The topological polar surface area (TPSA) is 89.5 Å². The SMILES string of the molecule is CC(=O)c1cccc(O[C@@H](C)C(=O)N[C@@H]2CCS(=O)(=O)C2)c1. The molecule has 22 heavy (non-hydrogen) atoms. The maximum absolute atomic E-state index is 12.0. The second kappa shape index (κ2) is 6.48. The molecule has 0 radical (unpaired) electrons. The zero-order valence-corrected chi connectivity index (χ0v) is 13.4. The highest BCUT2D eigenvalue weighted by molar-refractivity contribution is 7.91. The number of hydrogen-bond acceptors (Lipinski definition) is 5. The molecule has 0 unspecified atom stereocenters. The Balaban J connectivity index is 1.94. The van der Waals surface area contributed by atoms with E-state index in [9.17, 15) is 18.0 Å². The van der Waals surface area contributed by atoms with Gasteiger partial charge in [0.1, 0.15) is 5.75 Å². The summed E-state index contributed by atoms with van der Waals surface area (Å²) >= 11 is 0. The molecule has 1 aromatic rings. The number of amides is 1. The van der Waals surface area contributed by atoms with Crippen LogP contribution in [-0.4, -0.2) is 43.8 Å². The number of ketones is 1. The van der Waals surface area contributed by atoms with E-state index in [4.69, 9.17) is 4.74 Å². The third kappa shape index (κ3) is 4.30. The fourth-order valence-corrected chi connectivity index (χ4v) is 3.95. The summed E-state index contributed by atoms with van der Waals surface area (Å²) in [5.41, 5.74) is 0.506. The Labute approximate surface area is 129 Å². The normalized spacial score (nSPS) is 21.1. The Morgan fingerprint density at radius 3 is 2.68 bits per heavy atom. The smallest absolute Gasteiger partial charge is 0.261 e. The Hall–Kier alpha value is -1.89. The summed E-state index contributed by atoms with van der Waals surface area (Å²) in [6, 6.07) is 6.23. The molecular formula is C15H19NO5S. The number of carbonyl (C=O) groups excluding carboxylic acids is 2. The van der Waals surface area contributed by atoms with E-state index in [1.54, 1.807) is 31.2 Å². The van der Waals surface area contributed by atoms with Crippen LogP contribution in [0.2, 0.25) is 0 Å². The van der Waals surface area contributed by atoms with E-state index in [0.29, 0.717) is 17.7 Å². The van der Waals surface area contributed by atoms with Crippen LogP contribution in [-0.2, 0) is 14.6 Å². The largest absolute Gasteiger partial charge is 0.481 e. The van der Waals surface area contributed by atoms with E-state index >= 15 is 0 Å². The van der Waals surface area contributed by atoms with Crippen molar-refractivity contribution < 1.29 is 22.7 Å². The summed E-state index contributed by atoms with van der Waals surface area (Å²) in [6.45, 7) is 3.04. The number of carbonyl (C=O) groups is 2. The van der Waals surface area contributed by atoms with E-state index in [1.807, 2.05) is 0 Å². The summed E-state index contributed by atoms with van der Waals surface area (Å²) < 4.78 is 28.3. The summed E-state index contributed by atoms with van der Waals surface area (Å²) in [4.78, 5) is 23.4. The van der Waals surface area contributed by atoms with Gasteiger partial charge in [-0.05, 0) is 32.4 Å². The monoisotopic (exact) mass is 325 g/mol.